The number of aromatic nitrogens is 3. The second-order valence-electron chi connectivity index (χ2n) is 8.42. The number of thioether (sulfide) groups is 1. The van der Waals surface area contributed by atoms with Gasteiger partial charge in [-0.1, -0.05) is 42.1 Å². The largest absolute Gasteiger partial charge is 0.508 e. The maximum absolute atomic E-state index is 12.2. The van der Waals surface area contributed by atoms with Gasteiger partial charge in [0.25, 0.3) is 0 Å². The Hall–Kier alpha value is -3.10. The molecule has 0 atom stereocenters. The molecule has 0 saturated carbocycles. The first-order valence-electron chi connectivity index (χ1n) is 11.1. The zero-order valence-corrected chi connectivity index (χ0v) is 19.3. The van der Waals surface area contributed by atoms with Crippen LogP contribution >= 0.6 is 11.8 Å². The lowest BCUT2D eigenvalue weighted by Gasteiger charge is -2.16. The maximum atomic E-state index is 12.2. The molecule has 3 heterocycles. The first-order chi connectivity index (χ1) is 16.1. The van der Waals surface area contributed by atoms with Crippen molar-refractivity contribution in [2.24, 2.45) is 0 Å². The smallest absolute Gasteiger partial charge is 0.336 e. The topological polar surface area (TPSA) is 84.4 Å². The van der Waals surface area contributed by atoms with Crippen molar-refractivity contribution in [3.8, 4) is 5.75 Å². The number of fused-ring (bicyclic) bond motifs is 1. The summed E-state index contributed by atoms with van der Waals surface area (Å²) in [6, 6.07) is 15.3. The molecule has 5 rings (SSSR count). The molecule has 1 N–H and O–H groups in total. The Kier molecular flexibility index (Phi) is 6.20. The van der Waals surface area contributed by atoms with E-state index in [1.165, 1.54) is 24.5 Å². The molecule has 0 bridgehead atoms. The third-order valence-electron chi connectivity index (χ3n) is 6.12. The highest BCUT2D eigenvalue weighted by molar-refractivity contribution is 7.98. The van der Waals surface area contributed by atoms with Crippen LogP contribution in [0.4, 0.5) is 0 Å². The van der Waals surface area contributed by atoms with Crippen LogP contribution in [0.3, 0.4) is 0 Å². The molecule has 1 saturated heterocycles. The molecule has 0 aliphatic carbocycles. The van der Waals surface area contributed by atoms with E-state index >= 15 is 0 Å². The van der Waals surface area contributed by atoms with E-state index in [-0.39, 0.29) is 5.75 Å². The summed E-state index contributed by atoms with van der Waals surface area (Å²) in [6.07, 6.45) is 2.46. The van der Waals surface area contributed by atoms with E-state index in [9.17, 15) is 9.90 Å². The van der Waals surface area contributed by atoms with E-state index in [4.69, 9.17) is 4.42 Å². The van der Waals surface area contributed by atoms with Gasteiger partial charge in [-0.05, 0) is 56.1 Å². The molecule has 2 aromatic heterocycles. The molecule has 8 heteroatoms. The zero-order chi connectivity index (χ0) is 22.8. The minimum absolute atomic E-state index is 0.115. The highest BCUT2D eigenvalue weighted by Gasteiger charge is 2.19. The van der Waals surface area contributed by atoms with Crippen LogP contribution < -0.4 is 5.63 Å². The molecule has 0 unspecified atom stereocenters. The number of hydrogen-bond donors (Lipinski definition) is 1. The minimum atomic E-state index is -0.424. The first kappa shape index (κ1) is 21.7. The third-order valence-corrected chi connectivity index (χ3v) is 7.13. The van der Waals surface area contributed by atoms with E-state index in [0.29, 0.717) is 23.4 Å². The second kappa shape index (κ2) is 9.41. The molecule has 0 amide bonds. The van der Waals surface area contributed by atoms with Gasteiger partial charge in [-0.3, -0.25) is 4.90 Å². The number of phenols is 1. The van der Waals surface area contributed by atoms with E-state index < -0.39 is 5.63 Å². The molecule has 1 fully saturated rings. The number of benzene rings is 2. The molecular weight excluding hydrogens is 436 g/mol. The van der Waals surface area contributed by atoms with Gasteiger partial charge >= 0.3 is 5.63 Å². The number of phenolic OH excluding ortho intramolecular Hbond substituents is 1. The molecule has 33 heavy (non-hydrogen) atoms. The molecule has 2 aromatic carbocycles. The molecule has 0 spiro atoms. The van der Waals surface area contributed by atoms with E-state index in [1.54, 1.807) is 30.8 Å². The van der Waals surface area contributed by atoms with Crippen LogP contribution in [0.15, 0.2) is 62.9 Å². The van der Waals surface area contributed by atoms with Crippen LogP contribution in [-0.4, -0.2) is 37.9 Å². The Morgan fingerprint density at radius 1 is 1.06 bits per heavy atom. The van der Waals surface area contributed by atoms with Crippen molar-refractivity contribution in [3.05, 3.63) is 81.5 Å². The van der Waals surface area contributed by atoms with Crippen LogP contribution in [0.25, 0.3) is 11.0 Å². The van der Waals surface area contributed by atoms with Crippen molar-refractivity contribution in [2.45, 2.75) is 43.8 Å². The molecule has 1 aliphatic heterocycles. The van der Waals surface area contributed by atoms with Gasteiger partial charge < -0.3 is 14.1 Å². The third kappa shape index (κ3) is 4.67. The highest BCUT2D eigenvalue weighted by atomic mass is 32.2. The summed E-state index contributed by atoms with van der Waals surface area (Å²) in [5, 5.41) is 20.7. The van der Waals surface area contributed by atoms with E-state index in [1.807, 2.05) is 18.2 Å². The molecule has 7 nitrogen and oxygen atoms in total. The van der Waals surface area contributed by atoms with Crippen LogP contribution in [-0.2, 0) is 18.8 Å². The zero-order valence-electron chi connectivity index (χ0n) is 18.5. The monoisotopic (exact) mass is 462 g/mol. The van der Waals surface area contributed by atoms with Crippen LogP contribution in [0.5, 0.6) is 5.75 Å². The predicted octanol–water partition coefficient (Wildman–Crippen LogP) is 4.33. The van der Waals surface area contributed by atoms with Gasteiger partial charge in [0.05, 0.1) is 13.1 Å². The highest BCUT2D eigenvalue weighted by Crippen LogP contribution is 2.31. The van der Waals surface area contributed by atoms with Crippen LogP contribution in [0.2, 0.25) is 0 Å². The fourth-order valence-electron chi connectivity index (χ4n) is 4.29. The number of nitrogens with zero attached hydrogens (tertiary/aromatic N) is 4. The molecule has 4 aromatic rings. The van der Waals surface area contributed by atoms with Crippen molar-refractivity contribution in [1.82, 2.24) is 19.7 Å². The number of likely N-dealkylation sites (tertiary alicyclic amines) is 1. The number of aryl methyl sites for hydroxylation is 1. The Balaban J connectivity index is 1.45. The predicted molar refractivity (Wildman–Crippen MR) is 129 cm³/mol. The summed E-state index contributed by atoms with van der Waals surface area (Å²) >= 11 is 1.56. The standard InChI is InChI=1S/C25H26N4O3S/c1-17-21(30)10-9-20-19(13-23(31)32-24(17)20)16-33-25-27-26-22(15-28-11-5-6-12-28)29(25)14-18-7-3-2-4-8-18/h2-4,7-10,13,30H,5-6,11-12,14-16H2,1H3. The van der Waals surface area contributed by atoms with Crippen molar-refractivity contribution >= 4 is 22.7 Å². The van der Waals surface area contributed by atoms with E-state index in [0.717, 1.165) is 41.6 Å². The minimum Gasteiger partial charge on any atom is -0.508 e. The summed E-state index contributed by atoms with van der Waals surface area (Å²) < 4.78 is 7.57. The SMILES string of the molecule is Cc1c(O)ccc2c(CSc3nnc(CN4CCCC4)n3Cc3ccccc3)cc(=O)oc12. The summed E-state index contributed by atoms with van der Waals surface area (Å²) in [7, 11) is 0. The average molecular weight is 463 g/mol. The van der Waals surface area contributed by atoms with Gasteiger partial charge in [0.2, 0.25) is 0 Å². The summed E-state index contributed by atoms with van der Waals surface area (Å²) in [4.78, 5) is 14.6. The van der Waals surface area contributed by atoms with Crippen LogP contribution in [0, 0.1) is 6.92 Å². The quantitative estimate of drug-likeness (QED) is 0.323. The molecule has 0 radical (unpaired) electrons. The van der Waals surface area contributed by atoms with Crippen molar-refractivity contribution in [1.29, 1.82) is 0 Å². The van der Waals surface area contributed by atoms with Crippen molar-refractivity contribution < 1.29 is 9.52 Å². The first-order valence-corrected chi connectivity index (χ1v) is 12.1. The molecule has 170 valence electrons. The second-order valence-corrected chi connectivity index (χ2v) is 9.36. The van der Waals surface area contributed by atoms with Crippen LogP contribution in [0.1, 0.15) is 35.4 Å². The Bertz CT molecular complexity index is 1330. The number of aromatic hydroxyl groups is 1. The lowest BCUT2D eigenvalue weighted by molar-refractivity contribution is 0.316. The lowest BCUT2D eigenvalue weighted by Crippen LogP contribution is -2.21. The Morgan fingerprint density at radius 3 is 2.64 bits per heavy atom. The summed E-state index contributed by atoms with van der Waals surface area (Å²) in [5.41, 5.74) is 2.62. The van der Waals surface area contributed by atoms with Gasteiger partial charge in [-0.2, -0.15) is 0 Å². The molecule has 1 aliphatic rings. The Morgan fingerprint density at radius 2 is 1.85 bits per heavy atom. The average Bonchev–Trinajstić information content (AvgIpc) is 3.46. The number of rotatable bonds is 7. The fourth-order valence-corrected chi connectivity index (χ4v) is 5.23. The van der Waals surface area contributed by atoms with Crippen molar-refractivity contribution in [2.75, 3.05) is 13.1 Å². The van der Waals surface area contributed by atoms with Gasteiger partial charge in [0.15, 0.2) is 5.16 Å². The normalized spacial score (nSPS) is 14.3. The Labute approximate surface area is 196 Å². The maximum Gasteiger partial charge on any atom is 0.336 e. The van der Waals surface area contributed by atoms with Gasteiger partial charge in [0, 0.05) is 22.8 Å². The van der Waals surface area contributed by atoms with Crippen molar-refractivity contribution in [3.63, 3.8) is 0 Å². The lowest BCUT2D eigenvalue weighted by atomic mass is 10.1. The fraction of sp³-hybridized carbons (Fsp3) is 0.320. The van der Waals surface area contributed by atoms with E-state index in [2.05, 4.69) is 31.8 Å². The van der Waals surface area contributed by atoms with Gasteiger partial charge in [0.1, 0.15) is 17.2 Å². The summed E-state index contributed by atoms with van der Waals surface area (Å²) in [5.74, 6) is 1.62. The molecular formula is C25H26N4O3S. The van der Waals surface area contributed by atoms with Gasteiger partial charge in [-0.25, -0.2) is 4.79 Å². The van der Waals surface area contributed by atoms with Gasteiger partial charge in [-0.15, -0.1) is 10.2 Å². The summed E-state index contributed by atoms with van der Waals surface area (Å²) in [6.45, 7) is 5.43. The number of hydrogen-bond acceptors (Lipinski definition) is 7.